The van der Waals surface area contributed by atoms with E-state index in [4.69, 9.17) is 0 Å². The van der Waals surface area contributed by atoms with E-state index >= 15 is 0 Å². The van der Waals surface area contributed by atoms with Gasteiger partial charge < -0.3 is 10.2 Å². The monoisotopic (exact) mass is 286 g/mol. The van der Waals surface area contributed by atoms with Crippen molar-refractivity contribution in [3.63, 3.8) is 0 Å². The summed E-state index contributed by atoms with van der Waals surface area (Å²) in [6, 6.07) is 0.0691. The molecule has 1 fully saturated rings. The van der Waals surface area contributed by atoms with Crippen LogP contribution in [-0.2, 0) is 23.4 Å². The molecule has 0 bridgehead atoms. The average molecular weight is 286 g/mol. The molecule has 0 aliphatic carbocycles. The fourth-order valence-electron chi connectivity index (χ4n) is 2.66. The molecule has 19 heavy (non-hydrogen) atoms. The lowest BCUT2D eigenvalue weighted by molar-refractivity contribution is 0.553. The first-order valence-corrected chi connectivity index (χ1v) is 8.26. The molecule has 1 aliphatic rings. The largest absolute Gasteiger partial charge is 0.363 e. The lowest BCUT2D eigenvalue weighted by Crippen LogP contribution is -2.30. The summed E-state index contributed by atoms with van der Waals surface area (Å²) in [6.07, 6.45) is 0.707. The van der Waals surface area contributed by atoms with Gasteiger partial charge in [-0.1, -0.05) is 0 Å². The minimum absolute atomic E-state index is 0.0691. The summed E-state index contributed by atoms with van der Waals surface area (Å²) >= 11 is 0. The Kier molecular flexibility index (Phi) is 3.87. The second-order valence-electron chi connectivity index (χ2n) is 5.39. The van der Waals surface area contributed by atoms with Gasteiger partial charge in [-0.3, -0.25) is 4.68 Å². The molecule has 0 spiro atoms. The number of nitrogens with one attached hydrogen (secondary N) is 1. The van der Waals surface area contributed by atoms with Gasteiger partial charge in [-0.25, -0.2) is 8.42 Å². The van der Waals surface area contributed by atoms with Crippen LogP contribution in [0.15, 0.2) is 0 Å². The van der Waals surface area contributed by atoms with Crippen LogP contribution in [-0.4, -0.2) is 49.8 Å². The van der Waals surface area contributed by atoms with Crippen molar-refractivity contribution in [1.82, 2.24) is 15.1 Å². The molecule has 1 aromatic heterocycles. The Morgan fingerprint density at radius 3 is 2.68 bits per heavy atom. The summed E-state index contributed by atoms with van der Waals surface area (Å²) in [5.74, 6) is 1.62. The molecule has 0 amide bonds. The quantitative estimate of drug-likeness (QED) is 0.848. The van der Waals surface area contributed by atoms with E-state index in [0.717, 1.165) is 17.1 Å². The van der Waals surface area contributed by atoms with Crippen LogP contribution in [0.2, 0.25) is 0 Å². The van der Waals surface area contributed by atoms with Gasteiger partial charge in [-0.15, -0.1) is 0 Å². The van der Waals surface area contributed by atoms with Crippen molar-refractivity contribution in [2.45, 2.75) is 25.9 Å². The number of aromatic nitrogens is 2. The molecule has 2 heterocycles. The Hall–Kier alpha value is -1.08. The van der Waals surface area contributed by atoms with Crippen LogP contribution in [0.1, 0.15) is 17.7 Å². The van der Waals surface area contributed by atoms with E-state index in [1.807, 2.05) is 37.6 Å². The molecular formula is C12H22N4O2S. The second-order valence-corrected chi connectivity index (χ2v) is 7.62. The predicted octanol–water partition coefficient (Wildman–Crippen LogP) is 0.0712. The third-order valence-electron chi connectivity index (χ3n) is 3.54. The Labute approximate surface area is 114 Å². The molecule has 108 valence electrons. The van der Waals surface area contributed by atoms with E-state index in [1.165, 1.54) is 0 Å². The highest BCUT2D eigenvalue weighted by molar-refractivity contribution is 7.91. The van der Waals surface area contributed by atoms with Gasteiger partial charge >= 0.3 is 0 Å². The highest BCUT2D eigenvalue weighted by Gasteiger charge is 2.28. The predicted molar refractivity (Wildman–Crippen MR) is 76.2 cm³/mol. The number of anilines is 1. The summed E-state index contributed by atoms with van der Waals surface area (Å²) < 4.78 is 24.7. The summed E-state index contributed by atoms with van der Waals surface area (Å²) in [6.45, 7) is 2.64. The third kappa shape index (κ3) is 3.09. The molecule has 1 N–H and O–H groups in total. The molecule has 6 nitrogen and oxygen atoms in total. The van der Waals surface area contributed by atoms with Gasteiger partial charge in [0.15, 0.2) is 9.84 Å². The molecule has 0 aromatic carbocycles. The van der Waals surface area contributed by atoms with Crippen LogP contribution < -0.4 is 10.2 Å². The maximum absolute atomic E-state index is 11.4. The first-order valence-electron chi connectivity index (χ1n) is 6.44. The lowest BCUT2D eigenvalue weighted by Gasteiger charge is -2.17. The van der Waals surface area contributed by atoms with E-state index in [9.17, 15) is 8.42 Å². The standard InChI is InChI=1S/C12H22N4O2S/c1-9-11(12(15(2)3)16(4)14-9)7-13-10-5-6-19(17,18)8-10/h10,13H,5-8H2,1-4H3/t10-/m0/s1. The highest BCUT2D eigenvalue weighted by atomic mass is 32.2. The number of aryl methyl sites for hydroxylation is 2. The minimum atomic E-state index is -2.82. The average Bonchev–Trinajstić information content (AvgIpc) is 2.75. The van der Waals surface area contributed by atoms with Crippen molar-refractivity contribution < 1.29 is 8.42 Å². The van der Waals surface area contributed by atoms with Crippen molar-refractivity contribution in [3.05, 3.63) is 11.3 Å². The van der Waals surface area contributed by atoms with Crippen molar-refractivity contribution in [2.75, 3.05) is 30.5 Å². The van der Waals surface area contributed by atoms with Gasteiger partial charge in [-0.05, 0) is 13.3 Å². The smallest absolute Gasteiger partial charge is 0.151 e. The number of rotatable bonds is 4. The third-order valence-corrected chi connectivity index (χ3v) is 5.30. The number of hydrogen-bond donors (Lipinski definition) is 1. The van der Waals surface area contributed by atoms with E-state index in [1.54, 1.807) is 0 Å². The van der Waals surface area contributed by atoms with E-state index in [0.29, 0.717) is 18.7 Å². The van der Waals surface area contributed by atoms with Gasteiger partial charge in [0.05, 0.1) is 17.2 Å². The van der Waals surface area contributed by atoms with E-state index in [-0.39, 0.29) is 11.8 Å². The molecule has 0 radical (unpaired) electrons. The van der Waals surface area contributed by atoms with Gasteiger partial charge in [-0.2, -0.15) is 5.10 Å². The minimum Gasteiger partial charge on any atom is -0.363 e. The molecule has 1 saturated heterocycles. The van der Waals surface area contributed by atoms with Crippen molar-refractivity contribution >= 4 is 15.7 Å². The highest BCUT2D eigenvalue weighted by Crippen LogP contribution is 2.22. The fraction of sp³-hybridized carbons (Fsp3) is 0.750. The Balaban J connectivity index is 2.08. The molecule has 2 rings (SSSR count). The van der Waals surface area contributed by atoms with E-state index in [2.05, 4.69) is 10.4 Å². The summed E-state index contributed by atoms with van der Waals surface area (Å²) in [4.78, 5) is 2.03. The molecule has 1 aromatic rings. The topological polar surface area (TPSA) is 67.2 Å². The van der Waals surface area contributed by atoms with Crippen LogP contribution in [0, 0.1) is 6.92 Å². The van der Waals surface area contributed by atoms with Gasteiger partial charge in [0.2, 0.25) is 0 Å². The van der Waals surface area contributed by atoms with Gasteiger partial charge in [0.1, 0.15) is 5.82 Å². The summed E-state index contributed by atoms with van der Waals surface area (Å²) in [5.41, 5.74) is 2.12. The van der Waals surface area contributed by atoms with Gasteiger partial charge in [0, 0.05) is 39.3 Å². The Bertz CT molecular complexity index is 563. The number of hydrogen-bond acceptors (Lipinski definition) is 5. The zero-order valence-corrected chi connectivity index (χ0v) is 12.8. The van der Waals surface area contributed by atoms with Crippen LogP contribution in [0.4, 0.5) is 5.82 Å². The Morgan fingerprint density at radius 1 is 1.47 bits per heavy atom. The SMILES string of the molecule is Cc1nn(C)c(N(C)C)c1CN[C@H]1CCS(=O)(=O)C1. The Morgan fingerprint density at radius 2 is 2.16 bits per heavy atom. The summed E-state index contributed by atoms with van der Waals surface area (Å²) in [7, 11) is 3.07. The molecule has 1 atom stereocenters. The van der Waals surface area contributed by atoms with Crippen molar-refractivity contribution in [2.24, 2.45) is 7.05 Å². The zero-order chi connectivity index (χ0) is 14.2. The van der Waals surface area contributed by atoms with Crippen LogP contribution >= 0.6 is 0 Å². The van der Waals surface area contributed by atoms with Crippen LogP contribution in [0.5, 0.6) is 0 Å². The summed E-state index contributed by atoms with van der Waals surface area (Å²) in [5, 5.41) is 7.77. The fourth-order valence-corrected chi connectivity index (χ4v) is 4.37. The zero-order valence-electron chi connectivity index (χ0n) is 12.0. The second kappa shape index (κ2) is 5.13. The molecule has 1 aliphatic heterocycles. The van der Waals surface area contributed by atoms with Crippen molar-refractivity contribution in [3.8, 4) is 0 Å². The molecule has 0 saturated carbocycles. The normalized spacial score (nSPS) is 21.8. The number of nitrogens with zero attached hydrogens (tertiary/aromatic N) is 3. The first kappa shape index (κ1) is 14.3. The molecule has 7 heteroatoms. The van der Waals surface area contributed by atoms with Crippen molar-refractivity contribution in [1.29, 1.82) is 0 Å². The number of sulfone groups is 1. The lowest BCUT2D eigenvalue weighted by atomic mass is 10.2. The molecular weight excluding hydrogens is 264 g/mol. The van der Waals surface area contributed by atoms with Crippen LogP contribution in [0.3, 0.4) is 0 Å². The maximum Gasteiger partial charge on any atom is 0.151 e. The van der Waals surface area contributed by atoms with Gasteiger partial charge in [0.25, 0.3) is 0 Å². The van der Waals surface area contributed by atoms with E-state index < -0.39 is 9.84 Å². The van der Waals surface area contributed by atoms with Crippen LogP contribution in [0.25, 0.3) is 0 Å². The maximum atomic E-state index is 11.4. The first-order chi connectivity index (χ1) is 8.80. The molecule has 0 unspecified atom stereocenters.